The first-order chi connectivity index (χ1) is 10.3. The number of rotatable bonds is 2. The first kappa shape index (κ1) is 13.2. The van der Waals surface area contributed by atoms with Gasteiger partial charge in [-0.2, -0.15) is 0 Å². The summed E-state index contributed by atoms with van der Waals surface area (Å²) in [5, 5.41) is 0. The first-order valence-corrected chi connectivity index (χ1v) is 8.03. The topological polar surface area (TPSA) is 21.7 Å². The van der Waals surface area contributed by atoms with Gasteiger partial charge in [0.2, 0.25) is 0 Å². The predicted octanol–water partition coefficient (Wildman–Crippen LogP) is 3.27. The predicted molar refractivity (Wildman–Crippen MR) is 84.0 cm³/mol. The quantitative estimate of drug-likeness (QED) is 0.832. The number of ether oxygens (including phenoxy) is 2. The van der Waals surface area contributed by atoms with E-state index in [-0.39, 0.29) is 0 Å². The highest BCUT2D eigenvalue weighted by Crippen LogP contribution is 2.45. The van der Waals surface area contributed by atoms with Gasteiger partial charge in [0.1, 0.15) is 0 Å². The largest absolute Gasteiger partial charge is 0.493 e. The number of fused-ring (bicyclic) bond motifs is 4. The van der Waals surface area contributed by atoms with E-state index in [1.807, 2.05) is 0 Å². The lowest BCUT2D eigenvalue weighted by atomic mass is 9.78. The highest BCUT2D eigenvalue weighted by Gasteiger charge is 2.35. The van der Waals surface area contributed by atoms with Gasteiger partial charge in [0.15, 0.2) is 11.5 Å². The van der Waals surface area contributed by atoms with Crippen molar-refractivity contribution in [3.05, 3.63) is 28.8 Å². The molecule has 2 aliphatic heterocycles. The first-order valence-electron chi connectivity index (χ1n) is 8.03. The third-order valence-corrected chi connectivity index (χ3v) is 5.40. The van der Waals surface area contributed by atoms with Crippen LogP contribution in [0.1, 0.15) is 36.8 Å². The van der Waals surface area contributed by atoms with Crippen LogP contribution in [0.3, 0.4) is 0 Å². The van der Waals surface area contributed by atoms with E-state index < -0.39 is 0 Å². The number of hydrogen-bond acceptors (Lipinski definition) is 3. The Morgan fingerprint density at radius 2 is 1.81 bits per heavy atom. The fourth-order valence-corrected chi connectivity index (χ4v) is 4.41. The van der Waals surface area contributed by atoms with Crippen LogP contribution in [0.4, 0.5) is 0 Å². The Morgan fingerprint density at radius 3 is 2.62 bits per heavy atom. The number of hydrogen-bond donors (Lipinski definition) is 0. The molecule has 3 heteroatoms. The van der Waals surface area contributed by atoms with Crippen molar-refractivity contribution in [1.82, 2.24) is 4.90 Å². The van der Waals surface area contributed by atoms with E-state index in [4.69, 9.17) is 9.47 Å². The molecule has 0 N–H and O–H groups in total. The molecule has 1 unspecified atom stereocenters. The van der Waals surface area contributed by atoms with Gasteiger partial charge in [0.05, 0.1) is 14.2 Å². The van der Waals surface area contributed by atoms with Crippen LogP contribution in [0, 0.1) is 0 Å². The van der Waals surface area contributed by atoms with Gasteiger partial charge in [-0.15, -0.1) is 0 Å². The fourth-order valence-electron chi connectivity index (χ4n) is 4.41. The molecule has 4 rings (SSSR count). The average Bonchev–Trinajstić information content (AvgIpc) is 3.01. The van der Waals surface area contributed by atoms with Crippen LogP contribution >= 0.6 is 0 Å². The Kier molecular flexibility index (Phi) is 3.18. The molecule has 112 valence electrons. The normalized spacial score (nSPS) is 24.4. The van der Waals surface area contributed by atoms with Crippen LogP contribution < -0.4 is 9.47 Å². The summed E-state index contributed by atoms with van der Waals surface area (Å²) in [5.74, 6) is 1.72. The lowest BCUT2D eigenvalue weighted by Crippen LogP contribution is -2.37. The Balaban J connectivity index is 1.82. The Hall–Kier alpha value is -1.48. The molecule has 1 fully saturated rings. The molecule has 21 heavy (non-hydrogen) atoms. The minimum atomic E-state index is 0.718. The highest BCUT2D eigenvalue weighted by atomic mass is 16.5. The lowest BCUT2D eigenvalue weighted by molar-refractivity contribution is 0.271. The standard InChI is InChI=1S/C18H23NO2/c1-20-17-10-12-5-6-14-13(15(12)11-18(17)21-2)7-9-19-8-3-4-16(14)19/h10-11,16H,3-9H2,1-2H3. The summed E-state index contributed by atoms with van der Waals surface area (Å²) in [4.78, 5) is 2.69. The van der Waals surface area contributed by atoms with Gasteiger partial charge >= 0.3 is 0 Å². The van der Waals surface area contributed by atoms with Crippen LogP contribution in [0.15, 0.2) is 17.7 Å². The molecule has 1 aromatic carbocycles. The molecule has 0 amide bonds. The van der Waals surface area contributed by atoms with Crippen LogP contribution in [0.5, 0.6) is 11.5 Å². The van der Waals surface area contributed by atoms with E-state index in [9.17, 15) is 0 Å². The summed E-state index contributed by atoms with van der Waals surface area (Å²) in [5.41, 5.74) is 6.15. The van der Waals surface area contributed by atoms with Gasteiger partial charge in [-0.05, 0) is 73.1 Å². The monoisotopic (exact) mass is 285 g/mol. The number of nitrogens with zero attached hydrogens (tertiary/aromatic N) is 1. The molecular weight excluding hydrogens is 262 g/mol. The van der Waals surface area contributed by atoms with Crippen LogP contribution in [0.25, 0.3) is 5.57 Å². The maximum Gasteiger partial charge on any atom is 0.161 e. The van der Waals surface area contributed by atoms with E-state index in [1.54, 1.807) is 25.4 Å². The van der Waals surface area contributed by atoms with E-state index in [2.05, 4.69) is 17.0 Å². The van der Waals surface area contributed by atoms with E-state index in [0.29, 0.717) is 0 Å². The average molecular weight is 285 g/mol. The third kappa shape index (κ3) is 1.98. The molecule has 0 aromatic heterocycles. The maximum atomic E-state index is 5.51. The molecule has 0 bridgehead atoms. The van der Waals surface area contributed by atoms with Crippen molar-refractivity contribution in [2.75, 3.05) is 27.3 Å². The van der Waals surface area contributed by atoms with Crippen molar-refractivity contribution in [2.24, 2.45) is 0 Å². The molecule has 1 saturated heterocycles. The summed E-state index contributed by atoms with van der Waals surface area (Å²) >= 11 is 0. The van der Waals surface area contributed by atoms with Gasteiger partial charge in [0, 0.05) is 12.6 Å². The van der Waals surface area contributed by atoms with Crippen molar-refractivity contribution in [1.29, 1.82) is 0 Å². The second-order valence-corrected chi connectivity index (χ2v) is 6.31. The van der Waals surface area contributed by atoms with Gasteiger partial charge in [-0.25, -0.2) is 0 Å². The SMILES string of the molecule is COc1cc2c(cc1OC)C1=C(CC2)C2CCCN2CC1. The smallest absolute Gasteiger partial charge is 0.161 e. The van der Waals surface area contributed by atoms with E-state index in [0.717, 1.165) is 24.0 Å². The summed E-state index contributed by atoms with van der Waals surface area (Å²) in [6, 6.07) is 5.10. The second kappa shape index (κ2) is 5.06. The Morgan fingerprint density at radius 1 is 1.00 bits per heavy atom. The van der Waals surface area contributed by atoms with Crippen molar-refractivity contribution < 1.29 is 9.47 Å². The second-order valence-electron chi connectivity index (χ2n) is 6.31. The summed E-state index contributed by atoms with van der Waals surface area (Å²) in [6.07, 6.45) is 6.26. The Labute approximate surface area is 126 Å². The van der Waals surface area contributed by atoms with Gasteiger partial charge in [-0.1, -0.05) is 0 Å². The van der Waals surface area contributed by atoms with Crippen LogP contribution in [0.2, 0.25) is 0 Å². The molecule has 2 heterocycles. The molecule has 3 nitrogen and oxygen atoms in total. The zero-order chi connectivity index (χ0) is 14.4. The minimum Gasteiger partial charge on any atom is -0.493 e. The van der Waals surface area contributed by atoms with Gasteiger partial charge in [0.25, 0.3) is 0 Å². The van der Waals surface area contributed by atoms with E-state index in [1.165, 1.54) is 49.9 Å². The molecule has 1 atom stereocenters. The van der Waals surface area contributed by atoms with Crippen molar-refractivity contribution in [2.45, 2.75) is 38.1 Å². The zero-order valence-electron chi connectivity index (χ0n) is 12.9. The zero-order valence-corrected chi connectivity index (χ0v) is 12.9. The molecule has 0 radical (unpaired) electrons. The highest BCUT2D eigenvalue weighted by molar-refractivity contribution is 5.77. The maximum absolute atomic E-state index is 5.51. The fraction of sp³-hybridized carbons (Fsp3) is 0.556. The number of benzene rings is 1. The van der Waals surface area contributed by atoms with Gasteiger partial charge in [-0.3, -0.25) is 4.90 Å². The number of methoxy groups -OCH3 is 2. The summed E-state index contributed by atoms with van der Waals surface area (Å²) in [6.45, 7) is 2.51. The summed E-state index contributed by atoms with van der Waals surface area (Å²) < 4.78 is 11.0. The van der Waals surface area contributed by atoms with E-state index >= 15 is 0 Å². The van der Waals surface area contributed by atoms with Crippen LogP contribution in [-0.2, 0) is 6.42 Å². The lowest BCUT2D eigenvalue weighted by Gasteiger charge is -2.37. The van der Waals surface area contributed by atoms with Crippen molar-refractivity contribution in [3.8, 4) is 11.5 Å². The molecule has 1 aliphatic carbocycles. The van der Waals surface area contributed by atoms with Crippen molar-refractivity contribution in [3.63, 3.8) is 0 Å². The minimum absolute atomic E-state index is 0.718. The molecule has 3 aliphatic rings. The molecular formula is C18H23NO2. The van der Waals surface area contributed by atoms with Gasteiger partial charge < -0.3 is 9.47 Å². The molecule has 0 saturated carbocycles. The summed E-state index contributed by atoms with van der Waals surface area (Å²) in [7, 11) is 3.44. The van der Waals surface area contributed by atoms with Crippen LogP contribution in [-0.4, -0.2) is 38.3 Å². The Bertz CT molecular complexity index is 605. The van der Waals surface area contributed by atoms with Crippen molar-refractivity contribution >= 4 is 5.57 Å². The molecule has 0 spiro atoms. The molecule has 1 aromatic rings. The third-order valence-electron chi connectivity index (χ3n) is 5.40. The number of aryl methyl sites for hydroxylation is 1.